The maximum Gasteiger partial charge on any atom is 0.0534 e. The summed E-state index contributed by atoms with van der Waals surface area (Å²) in [5, 5.41) is 0. The zero-order valence-electron chi connectivity index (χ0n) is 15.8. The lowest BCUT2D eigenvalue weighted by Gasteiger charge is -2.27. The number of rotatable bonds is 2. The minimum Gasteiger partial charge on any atom is -0.309 e. The van der Waals surface area contributed by atoms with E-state index < -0.39 is 0 Å². The summed E-state index contributed by atoms with van der Waals surface area (Å²) in [7, 11) is 0. The molecule has 0 atom stereocenters. The Balaban J connectivity index is 1.62. The third-order valence-corrected chi connectivity index (χ3v) is 5.31. The van der Waals surface area contributed by atoms with E-state index in [1.165, 1.54) is 44.9 Å². The van der Waals surface area contributed by atoms with Crippen LogP contribution in [0.3, 0.4) is 0 Å². The van der Waals surface area contributed by atoms with Gasteiger partial charge in [0.25, 0.3) is 0 Å². The number of hydrogen-bond acceptors (Lipinski definition) is 1. The van der Waals surface area contributed by atoms with Crippen molar-refractivity contribution in [2.75, 3.05) is 4.90 Å². The maximum absolute atomic E-state index is 2.35. The van der Waals surface area contributed by atoms with Crippen LogP contribution in [0, 0.1) is 6.92 Å². The van der Waals surface area contributed by atoms with Crippen LogP contribution in [-0.4, -0.2) is 0 Å². The van der Waals surface area contributed by atoms with Gasteiger partial charge in [-0.25, -0.2) is 0 Å². The topological polar surface area (TPSA) is 3.24 Å². The van der Waals surface area contributed by atoms with E-state index in [-0.39, 0.29) is 0 Å². The molecule has 0 unspecified atom stereocenters. The molecule has 4 aromatic rings. The third-order valence-electron chi connectivity index (χ3n) is 5.31. The summed E-state index contributed by atoms with van der Waals surface area (Å²) in [6, 6.07) is 34.7. The summed E-state index contributed by atoms with van der Waals surface area (Å²) in [4.78, 5) is 2.35. The van der Waals surface area contributed by atoms with Gasteiger partial charge in [0.1, 0.15) is 0 Å². The molecule has 0 N–H and O–H groups in total. The zero-order valence-corrected chi connectivity index (χ0v) is 15.8. The highest BCUT2D eigenvalue weighted by Crippen LogP contribution is 2.42. The Bertz CT molecular complexity index is 1100. The molecular weight excluding hydrogens is 338 g/mol. The molecule has 0 aromatic heterocycles. The van der Waals surface area contributed by atoms with Crippen molar-refractivity contribution in [3.63, 3.8) is 0 Å². The van der Waals surface area contributed by atoms with Crippen LogP contribution < -0.4 is 4.90 Å². The summed E-state index contributed by atoms with van der Waals surface area (Å²) in [5.41, 5.74) is 9.78. The number of para-hydroxylation sites is 2. The standard InChI is InChI=1S/C27H21N/c1-20-10-12-21(13-11-20)22-16-18-25(19-17-22)28-26-8-4-2-6-23(26)14-15-24-7-3-5-9-27(24)28/h2-19H,1H3. The highest BCUT2D eigenvalue weighted by atomic mass is 15.1. The van der Waals surface area contributed by atoms with Gasteiger partial charge in [0.2, 0.25) is 0 Å². The van der Waals surface area contributed by atoms with Gasteiger partial charge in [0.15, 0.2) is 0 Å². The second-order valence-electron chi connectivity index (χ2n) is 7.20. The molecule has 0 aliphatic carbocycles. The maximum atomic E-state index is 2.35. The van der Waals surface area contributed by atoms with Gasteiger partial charge in [-0.15, -0.1) is 0 Å². The van der Waals surface area contributed by atoms with Crippen molar-refractivity contribution >= 4 is 29.2 Å². The van der Waals surface area contributed by atoms with Gasteiger partial charge in [-0.05, 0) is 53.4 Å². The van der Waals surface area contributed by atoms with Crippen molar-refractivity contribution in [2.45, 2.75) is 6.92 Å². The van der Waals surface area contributed by atoms with Crippen molar-refractivity contribution in [2.24, 2.45) is 0 Å². The molecule has 0 amide bonds. The molecule has 1 nitrogen and oxygen atoms in total. The lowest BCUT2D eigenvalue weighted by molar-refractivity contribution is 1.28. The van der Waals surface area contributed by atoms with Crippen molar-refractivity contribution in [3.05, 3.63) is 114 Å². The van der Waals surface area contributed by atoms with E-state index in [1.807, 2.05) is 0 Å². The number of nitrogens with zero attached hydrogens (tertiary/aromatic N) is 1. The molecule has 1 heterocycles. The monoisotopic (exact) mass is 359 g/mol. The molecule has 5 rings (SSSR count). The SMILES string of the molecule is Cc1ccc(-c2ccc(N3c4ccccc4C=Cc4ccccc43)cc2)cc1. The van der Waals surface area contributed by atoms with Gasteiger partial charge in [-0.3, -0.25) is 0 Å². The minimum absolute atomic E-state index is 1.17. The molecule has 0 saturated carbocycles. The highest BCUT2D eigenvalue weighted by molar-refractivity contribution is 5.93. The van der Waals surface area contributed by atoms with E-state index in [0.29, 0.717) is 0 Å². The first-order chi connectivity index (χ1) is 13.8. The fraction of sp³-hybridized carbons (Fsp3) is 0.0370. The van der Waals surface area contributed by atoms with Crippen LogP contribution in [0.1, 0.15) is 16.7 Å². The van der Waals surface area contributed by atoms with E-state index in [9.17, 15) is 0 Å². The molecule has 0 saturated heterocycles. The summed E-state index contributed by atoms with van der Waals surface area (Å²) < 4.78 is 0. The Labute approximate surface area is 166 Å². The van der Waals surface area contributed by atoms with Gasteiger partial charge >= 0.3 is 0 Å². The highest BCUT2D eigenvalue weighted by Gasteiger charge is 2.19. The predicted octanol–water partition coefficient (Wildman–Crippen LogP) is 7.62. The molecule has 134 valence electrons. The first-order valence-electron chi connectivity index (χ1n) is 9.63. The zero-order chi connectivity index (χ0) is 18.9. The molecular formula is C27H21N. The minimum atomic E-state index is 1.17. The average molecular weight is 359 g/mol. The van der Waals surface area contributed by atoms with E-state index in [4.69, 9.17) is 0 Å². The van der Waals surface area contributed by atoms with Gasteiger partial charge < -0.3 is 4.90 Å². The number of hydrogen-bond donors (Lipinski definition) is 0. The second-order valence-corrected chi connectivity index (χ2v) is 7.20. The molecule has 1 heteroatoms. The number of anilines is 3. The van der Waals surface area contributed by atoms with E-state index in [0.717, 1.165) is 0 Å². The largest absolute Gasteiger partial charge is 0.309 e. The molecule has 0 bridgehead atoms. The third kappa shape index (κ3) is 2.91. The Hall–Kier alpha value is -3.58. The molecule has 4 aromatic carbocycles. The van der Waals surface area contributed by atoms with Crippen molar-refractivity contribution in [1.82, 2.24) is 0 Å². The fourth-order valence-electron chi connectivity index (χ4n) is 3.80. The average Bonchev–Trinajstić information content (AvgIpc) is 2.91. The van der Waals surface area contributed by atoms with Gasteiger partial charge in [-0.2, -0.15) is 0 Å². The normalized spacial score (nSPS) is 12.2. The Morgan fingerprint density at radius 1 is 0.500 bits per heavy atom. The van der Waals surface area contributed by atoms with Crippen LogP contribution in [0.15, 0.2) is 97.1 Å². The van der Waals surface area contributed by atoms with Crippen LogP contribution >= 0.6 is 0 Å². The smallest absolute Gasteiger partial charge is 0.0534 e. The quantitative estimate of drug-likeness (QED) is 0.313. The predicted molar refractivity (Wildman–Crippen MR) is 120 cm³/mol. The van der Waals surface area contributed by atoms with Crippen LogP contribution in [0.25, 0.3) is 23.3 Å². The molecule has 0 spiro atoms. The Kier molecular flexibility index (Phi) is 4.06. The molecule has 0 fully saturated rings. The van der Waals surface area contributed by atoms with Crippen molar-refractivity contribution in [1.29, 1.82) is 0 Å². The summed E-state index contributed by atoms with van der Waals surface area (Å²) in [5.74, 6) is 0. The van der Waals surface area contributed by atoms with Gasteiger partial charge in [0.05, 0.1) is 11.4 Å². The van der Waals surface area contributed by atoms with Gasteiger partial charge in [-0.1, -0.05) is 90.5 Å². The Morgan fingerprint density at radius 3 is 1.50 bits per heavy atom. The summed E-state index contributed by atoms with van der Waals surface area (Å²) >= 11 is 0. The van der Waals surface area contributed by atoms with Crippen LogP contribution in [0.5, 0.6) is 0 Å². The lowest BCUT2D eigenvalue weighted by atomic mass is 10.0. The molecule has 0 radical (unpaired) electrons. The first-order valence-corrected chi connectivity index (χ1v) is 9.63. The van der Waals surface area contributed by atoms with Crippen LogP contribution in [0.4, 0.5) is 17.1 Å². The number of aryl methyl sites for hydroxylation is 1. The van der Waals surface area contributed by atoms with E-state index in [1.54, 1.807) is 0 Å². The number of fused-ring (bicyclic) bond motifs is 2. The Morgan fingerprint density at radius 2 is 0.964 bits per heavy atom. The molecule has 28 heavy (non-hydrogen) atoms. The number of benzene rings is 4. The summed E-state index contributed by atoms with van der Waals surface area (Å²) in [6.45, 7) is 2.12. The molecule has 1 aliphatic heterocycles. The fourth-order valence-corrected chi connectivity index (χ4v) is 3.80. The molecule has 1 aliphatic rings. The lowest BCUT2D eigenvalue weighted by Crippen LogP contribution is -2.11. The van der Waals surface area contributed by atoms with Crippen LogP contribution in [-0.2, 0) is 0 Å². The van der Waals surface area contributed by atoms with Gasteiger partial charge in [0, 0.05) is 5.69 Å². The second kappa shape index (κ2) is 6.86. The van der Waals surface area contributed by atoms with Crippen LogP contribution in [0.2, 0.25) is 0 Å². The first kappa shape index (κ1) is 16.6. The van der Waals surface area contributed by atoms with E-state index >= 15 is 0 Å². The summed E-state index contributed by atoms with van der Waals surface area (Å²) in [6.07, 6.45) is 4.41. The van der Waals surface area contributed by atoms with E-state index in [2.05, 4.69) is 121 Å². The van der Waals surface area contributed by atoms with Crippen molar-refractivity contribution < 1.29 is 0 Å². The van der Waals surface area contributed by atoms with Crippen molar-refractivity contribution in [3.8, 4) is 11.1 Å².